The van der Waals surface area contributed by atoms with Crippen LogP contribution in [0.15, 0.2) is 18.3 Å². The molecule has 6 heteroatoms. The first kappa shape index (κ1) is 12.1. The van der Waals surface area contributed by atoms with E-state index in [0.29, 0.717) is 11.6 Å². The van der Waals surface area contributed by atoms with Gasteiger partial charge in [-0.1, -0.05) is 6.92 Å². The first-order valence-electron chi connectivity index (χ1n) is 6.49. The molecule has 0 spiro atoms. The number of likely N-dealkylation sites (N-methyl/N-ethyl adjacent to an activating group) is 1. The molecule has 3 rings (SSSR count). The zero-order valence-corrected chi connectivity index (χ0v) is 10.8. The Labute approximate surface area is 110 Å². The van der Waals surface area contributed by atoms with E-state index in [1.807, 2.05) is 0 Å². The molecule has 1 aliphatic rings. The fourth-order valence-corrected chi connectivity index (χ4v) is 2.53. The molecule has 1 N–H and O–H groups in total. The number of fused-ring (bicyclic) bond motifs is 1. The summed E-state index contributed by atoms with van der Waals surface area (Å²) in [6, 6.07) is 3.26. The van der Waals surface area contributed by atoms with Crippen molar-refractivity contribution in [2.75, 3.05) is 19.6 Å². The van der Waals surface area contributed by atoms with Crippen LogP contribution in [-0.2, 0) is 0 Å². The maximum absolute atomic E-state index is 10.9. The summed E-state index contributed by atoms with van der Waals surface area (Å²) in [4.78, 5) is 17.8. The van der Waals surface area contributed by atoms with Crippen LogP contribution in [0.3, 0.4) is 0 Å². The highest BCUT2D eigenvalue weighted by Crippen LogP contribution is 2.24. The third-order valence-corrected chi connectivity index (χ3v) is 3.68. The van der Waals surface area contributed by atoms with E-state index < -0.39 is 5.97 Å². The van der Waals surface area contributed by atoms with Crippen molar-refractivity contribution in [3.8, 4) is 0 Å². The van der Waals surface area contributed by atoms with E-state index >= 15 is 0 Å². The number of aromatic carboxylic acids is 1. The number of carboxylic acids is 1. The quantitative estimate of drug-likeness (QED) is 0.899. The fraction of sp³-hybridized carbons (Fsp3) is 0.462. The van der Waals surface area contributed by atoms with Crippen molar-refractivity contribution in [3.63, 3.8) is 0 Å². The van der Waals surface area contributed by atoms with Gasteiger partial charge in [-0.15, -0.1) is 0 Å². The molecule has 19 heavy (non-hydrogen) atoms. The molecule has 3 heterocycles. The van der Waals surface area contributed by atoms with E-state index in [1.54, 1.807) is 16.6 Å². The third kappa shape index (κ3) is 2.19. The van der Waals surface area contributed by atoms with E-state index in [-0.39, 0.29) is 5.56 Å². The van der Waals surface area contributed by atoms with Gasteiger partial charge in [0.05, 0.1) is 5.56 Å². The van der Waals surface area contributed by atoms with E-state index in [0.717, 1.165) is 31.9 Å². The first-order chi connectivity index (χ1) is 9.17. The summed E-state index contributed by atoms with van der Waals surface area (Å²) in [5, 5.41) is 13.4. The average molecular weight is 260 g/mol. The van der Waals surface area contributed by atoms with Crippen LogP contribution in [-0.4, -0.2) is 50.2 Å². The Morgan fingerprint density at radius 3 is 3.05 bits per heavy atom. The second kappa shape index (κ2) is 4.62. The number of hydrogen-bond donors (Lipinski definition) is 1. The fourth-order valence-electron chi connectivity index (χ4n) is 2.53. The Hall–Kier alpha value is -1.95. The van der Waals surface area contributed by atoms with Crippen molar-refractivity contribution in [3.05, 3.63) is 29.7 Å². The zero-order valence-electron chi connectivity index (χ0n) is 10.8. The zero-order chi connectivity index (χ0) is 13.4. The van der Waals surface area contributed by atoms with Crippen molar-refractivity contribution in [1.29, 1.82) is 0 Å². The number of carboxylic acid groups (broad SMARTS) is 1. The maximum atomic E-state index is 10.9. The Morgan fingerprint density at radius 2 is 2.37 bits per heavy atom. The largest absolute Gasteiger partial charge is 0.478 e. The van der Waals surface area contributed by atoms with Crippen LogP contribution in [0.4, 0.5) is 0 Å². The lowest BCUT2D eigenvalue weighted by molar-refractivity contribution is 0.0696. The third-order valence-electron chi connectivity index (χ3n) is 3.68. The SMILES string of the molecule is CCN1CCC(c2nc3ccc(C(=O)O)cn3n2)C1. The molecule has 6 nitrogen and oxygen atoms in total. The molecule has 100 valence electrons. The van der Waals surface area contributed by atoms with Crippen LogP contribution in [0.25, 0.3) is 5.65 Å². The summed E-state index contributed by atoms with van der Waals surface area (Å²) in [7, 11) is 0. The van der Waals surface area contributed by atoms with Crippen molar-refractivity contribution >= 4 is 11.6 Å². The Balaban J connectivity index is 1.91. The van der Waals surface area contributed by atoms with Gasteiger partial charge in [0, 0.05) is 18.7 Å². The van der Waals surface area contributed by atoms with Crippen LogP contribution >= 0.6 is 0 Å². The second-order valence-corrected chi connectivity index (χ2v) is 4.87. The molecule has 2 aromatic heterocycles. The molecule has 1 fully saturated rings. The number of nitrogens with zero attached hydrogens (tertiary/aromatic N) is 4. The van der Waals surface area contributed by atoms with Gasteiger partial charge in [-0.25, -0.2) is 14.3 Å². The van der Waals surface area contributed by atoms with Gasteiger partial charge in [0.2, 0.25) is 0 Å². The van der Waals surface area contributed by atoms with Gasteiger partial charge < -0.3 is 10.0 Å². The predicted octanol–water partition coefficient (Wildman–Crippen LogP) is 1.24. The predicted molar refractivity (Wildman–Crippen MR) is 69.4 cm³/mol. The van der Waals surface area contributed by atoms with Crippen LogP contribution in [0.2, 0.25) is 0 Å². The van der Waals surface area contributed by atoms with Gasteiger partial charge in [0.1, 0.15) is 0 Å². The smallest absolute Gasteiger partial charge is 0.337 e. The number of aromatic nitrogens is 3. The molecular formula is C13H16N4O2. The Kier molecular flexibility index (Phi) is 2.94. The normalized spacial score (nSPS) is 20.2. The minimum atomic E-state index is -0.947. The maximum Gasteiger partial charge on any atom is 0.337 e. The minimum Gasteiger partial charge on any atom is -0.478 e. The lowest BCUT2D eigenvalue weighted by atomic mass is 10.1. The van der Waals surface area contributed by atoms with Crippen molar-refractivity contribution < 1.29 is 9.90 Å². The van der Waals surface area contributed by atoms with Gasteiger partial charge in [0.25, 0.3) is 0 Å². The van der Waals surface area contributed by atoms with Crippen LogP contribution < -0.4 is 0 Å². The molecule has 2 aromatic rings. The molecule has 1 aliphatic heterocycles. The molecule has 0 aromatic carbocycles. The Morgan fingerprint density at radius 1 is 1.53 bits per heavy atom. The van der Waals surface area contributed by atoms with Gasteiger partial charge in [-0.2, -0.15) is 5.10 Å². The summed E-state index contributed by atoms with van der Waals surface area (Å²) < 4.78 is 1.56. The topological polar surface area (TPSA) is 70.7 Å². The molecule has 0 radical (unpaired) electrons. The molecule has 0 amide bonds. The van der Waals surface area contributed by atoms with Crippen molar-refractivity contribution in [2.24, 2.45) is 0 Å². The van der Waals surface area contributed by atoms with Gasteiger partial charge in [0.15, 0.2) is 11.5 Å². The molecular weight excluding hydrogens is 244 g/mol. The van der Waals surface area contributed by atoms with Crippen molar-refractivity contribution in [1.82, 2.24) is 19.5 Å². The number of likely N-dealkylation sites (tertiary alicyclic amines) is 1. The molecule has 0 bridgehead atoms. The highest BCUT2D eigenvalue weighted by molar-refractivity contribution is 5.87. The van der Waals surface area contributed by atoms with Crippen LogP contribution in [0.5, 0.6) is 0 Å². The second-order valence-electron chi connectivity index (χ2n) is 4.87. The van der Waals surface area contributed by atoms with Crippen molar-refractivity contribution in [2.45, 2.75) is 19.3 Å². The number of rotatable bonds is 3. The lowest BCUT2D eigenvalue weighted by Crippen LogP contribution is -2.19. The van der Waals surface area contributed by atoms with E-state index in [1.165, 1.54) is 6.20 Å². The monoisotopic (exact) mass is 260 g/mol. The summed E-state index contributed by atoms with van der Waals surface area (Å²) in [6.45, 7) is 5.27. The Bertz CT molecular complexity index is 622. The van der Waals surface area contributed by atoms with E-state index in [4.69, 9.17) is 5.11 Å². The molecule has 1 unspecified atom stereocenters. The highest BCUT2D eigenvalue weighted by atomic mass is 16.4. The number of hydrogen-bond acceptors (Lipinski definition) is 4. The highest BCUT2D eigenvalue weighted by Gasteiger charge is 2.26. The van der Waals surface area contributed by atoms with Gasteiger partial charge >= 0.3 is 5.97 Å². The summed E-state index contributed by atoms with van der Waals surface area (Å²) in [6.07, 6.45) is 2.58. The first-order valence-corrected chi connectivity index (χ1v) is 6.49. The number of pyridine rings is 1. The summed E-state index contributed by atoms with van der Waals surface area (Å²) in [5.74, 6) is 0.226. The summed E-state index contributed by atoms with van der Waals surface area (Å²) >= 11 is 0. The molecule has 1 saturated heterocycles. The van der Waals surface area contributed by atoms with Crippen LogP contribution in [0.1, 0.15) is 35.4 Å². The van der Waals surface area contributed by atoms with E-state index in [2.05, 4.69) is 21.9 Å². The van der Waals surface area contributed by atoms with Gasteiger partial charge in [-0.3, -0.25) is 0 Å². The number of carbonyl (C=O) groups is 1. The molecule has 1 atom stereocenters. The molecule has 0 saturated carbocycles. The standard InChI is InChI=1S/C13H16N4O2/c1-2-16-6-5-9(7-16)12-14-11-4-3-10(13(18)19)8-17(11)15-12/h3-4,8-9H,2,5-7H2,1H3,(H,18,19). The minimum absolute atomic E-state index is 0.227. The van der Waals surface area contributed by atoms with Crippen LogP contribution in [0, 0.1) is 0 Å². The lowest BCUT2D eigenvalue weighted by Gasteiger charge is -2.10. The average Bonchev–Trinajstić information content (AvgIpc) is 3.03. The van der Waals surface area contributed by atoms with Gasteiger partial charge in [-0.05, 0) is 31.6 Å². The van der Waals surface area contributed by atoms with E-state index in [9.17, 15) is 4.79 Å². The summed E-state index contributed by atoms with van der Waals surface area (Å²) in [5.41, 5.74) is 0.931. The molecule has 0 aliphatic carbocycles.